The van der Waals surface area contributed by atoms with Gasteiger partial charge in [0.1, 0.15) is 0 Å². The molecule has 0 radical (unpaired) electrons. The van der Waals surface area contributed by atoms with E-state index in [-0.39, 0.29) is 11.5 Å². The topological polar surface area (TPSA) is 18.5 Å². The first kappa shape index (κ1) is 15.9. The summed E-state index contributed by atoms with van der Waals surface area (Å²) in [6.45, 7) is 9.60. The van der Waals surface area contributed by atoms with Gasteiger partial charge >= 0.3 is 0 Å². The summed E-state index contributed by atoms with van der Waals surface area (Å²) in [5, 5.41) is 0. The van der Waals surface area contributed by atoms with Gasteiger partial charge in [-0.15, -0.1) is 6.58 Å². The second-order valence-corrected chi connectivity index (χ2v) is 5.62. The average Bonchev–Trinajstić information content (AvgIpc) is 2.38. The molecule has 1 aromatic carbocycles. The van der Waals surface area contributed by atoms with Crippen LogP contribution >= 0.6 is 0 Å². The van der Waals surface area contributed by atoms with Crippen molar-refractivity contribution in [2.75, 3.05) is 20.3 Å². The molecule has 1 rings (SSSR count). The number of hydrogen-bond donors (Lipinski definition) is 0. The standard InChI is InChI=1S/C17H26O2/c1-5-11-17(2,3)14-16(19-13-12-18-4)15-9-7-6-8-10-15/h5-10,16H,1,11-14H2,2-4H3/t16-/m1/s1. The van der Waals surface area contributed by atoms with E-state index in [0.29, 0.717) is 13.2 Å². The molecule has 0 amide bonds. The molecule has 0 fully saturated rings. The highest BCUT2D eigenvalue weighted by molar-refractivity contribution is 5.18. The van der Waals surface area contributed by atoms with Gasteiger partial charge in [-0.2, -0.15) is 0 Å². The van der Waals surface area contributed by atoms with E-state index >= 15 is 0 Å². The van der Waals surface area contributed by atoms with Crippen LogP contribution in [0.4, 0.5) is 0 Å². The van der Waals surface area contributed by atoms with E-state index in [2.05, 4.69) is 44.7 Å². The zero-order chi connectivity index (χ0) is 14.1. The van der Waals surface area contributed by atoms with Crippen molar-refractivity contribution in [1.29, 1.82) is 0 Å². The fourth-order valence-electron chi connectivity index (χ4n) is 2.19. The minimum Gasteiger partial charge on any atom is -0.382 e. The van der Waals surface area contributed by atoms with Gasteiger partial charge in [0.25, 0.3) is 0 Å². The predicted octanol–water partition coefficient (Wildman–Crippen LogP) is 4.38. The normalized spacial score (nSPS) is 13.2. The molecule has 2 nitrogen and oxygen atoms in total. The molecule has 19 heavy (non-hydrogen) atoms. The molecule has 0 saturated heterocycles. The summed E-state index contributed by atoms with van der Waals surface area (Å²) in [4.78, 5) is 0. The zero-order valence-corrected chi connectivity index (χ0v) is 12.4. The Kier molecular flexibility index (Phi) is 6.82. The highest BCUT2D eigenvalue weighted by Gasteiger charge is 2.23. The highest BCUT2D eigenvalue weighted by Crippen LogP contribution is 2.35. The van der Waals surface area contributed by atoms with E-state index in [4.69, 9.17) is 9.47 Å². The van der Waals surface area contributed by atoms with Crippen molar-refractivity contribution in [2.24, 2.45) is 5.41 Å². The van der Waals surface area contributed by atoms with Crippen molar-refractivity contribution >= 4 is 0 Å². The van der Waals surface area contributed by atoms with E-state index in [9.17, 15) is 0 Å². The highest BCUT2D eigenvalue weighted by atomic mass is 16.5. The van der Waals surface area contributed by atoms with Crippen LogP contribution in [0.3, 0.4) is 0 Å². The molecule has 2 heteroatoms. The van der Waals surface area contributed by atoms with E-state index in [0.717, 1.165) is 12.8 Å². The number of ether oxygens (including phenoxy) is 2. The van der Waals surface area contributed by atoms with Crippen LogP contribution in [0.25, 0.3) is 0 Å². The largest absolute Gasteiger partial charge is 0.382 e. The molecule has 0 spiro atoms. The molecule has 1 atom stereocenters. The van der Waals surface area contributed by atoms with Gasteiger partial charge in [-0.05, 0) is 23.8 Å². The summed E-state index contributed by atoms with van der Waals surface area (Å²) < 4.78 is 11.1. The molecule has 0 unspecified atom stereocenters. The van der Waals surface area contributed by atoms with Crippen LogP contribution in [-0.2, 0) is 9.47 Å². The molecular formula is C17H26O2. The number of hydrogen-bond acceptors (Lipinski definition) is 2. The van der Waals surface area contributed by atoms with Gasteiger partial charge in [0.15, 0.2) is 0 Å². The Balaban J connectivity index is 2.72. The maximum atomic E-state index is 5.99. The summed E-state index contributed by atoms with van der Waals surface area (Å²) in [6, 6.07) is 10.4. The first-order chi connectivity index (χ1) is 9.09. The lowest BCUT2D eigenvalue weighted by atomic mass is 9.82. The Morgan fingerprint density at radius 1 is 1.21 bits per heavy atom. The van der Waals surface area contributed by atoms with Crippen LogP contribution in [0.2, 0.25) is 0 Å². The number of rotatable bonds is 9. The quantitative estimate of drug-likeness (QED) is 0.485. The molecule has 106 valence electrons. The first-order valence-corrected chi connectivity index (χ1v) is 6.85. The van der Waals surface area contributed by atoms with Gasteiger partial charge in [-0.25, -0.2) is 0 Å². The van der Waals surface area contributed by atoms with Crippen molar-refractivity contribution in [1.82, 2.24) is 0 Å². The smallest absolute Gasteiger partial charge is 0.0831 e. The van der Waals surface area contributed by atoms with Gasteiger partial charge in [0.2, 0.25) is 0 Å². The molecule has 0 heterocycles. The van der Waals surface area contributed by atoms with E-state index in [1.807, 2.05) is 12.1 Å². The molecule has 0 saturated carbocycles. The van der Waals surface area contributed by atoms with Gasteiger partial charge in [-0.3, -0.25) is 0 Å². The molecule has 0 aliphatic carbocycles. The van der Waals surface area contributed by atoms with E-state index in [1.165, 1.54) is 5.56 Å². The summed E-state index contributed by atoms with van der Waals surface area (Å²) in [5.41, 5.74) is 1.42. The van der Waals surface area contributed by atoms with Crippen molar-refractivity contribution in [3.8, 4) is 0 Å². The van der Waals surface area contributed by atoms with Crippen LogP contribution in [-0.4, -0.2) is 20.3 Å². The van der Waals surface area contributed by atoms with Gasteiger partial charge in [0, 0.05) is 7.11 Å². The minimum absolute atomic E-state index is 0.117. The minimum atomic E-state index is 0.117. The maximum Gasteiger partial charge on any atom is 0.0831 e. The van der Waals surface area contributed by atoms with Crippen LogP contribution < -0.4 is 0 Å². The Bertz CT molecular complexity index is 357. The fraction of sp³-hybridized carbons (Fsp3) is 0.529. The lowest BCUT2D eigenvalue weighted by Gasteiger charge is -2.29. The number of allylic oxidation sites excluding steroid dienone is 1. The average molecular weight is 262 g/mol. The van der Waals surface area contributed by atoms with Crippen LogP contribution in [0.5, 0.6) is 0 Å². The molecule has 1 aromatic rings. The summed E-state index contributed by atoms with van der Waals surface area (Å²) in [6.07, 6.45) is 4.07. The van der Waals surface area contributed by atoms with Crippen LogP contribution in [0.15, 0.2) is 43.0 Å². The lowest BCUT2D eigenvalue weighted by Crippen LogP contribution is -2.18. The van der Waals surface area contributed by atoms with Gasteiger partial charge in [-0.1, -0.05) is 50.3 Å². The molecule has 0 bridgehead atoms. The number of methoxy groups -OCH3 is 1. The Morgan fingerprint density at radius 2 is 1.89 bits per heavy atom. The van der Waals surface area contributed by atoms with Crippen molar-refractivity contribution < 1.29 is 9.47 Å². The lowest BCUT2D eigenvalue weighted by molar-refractivity contribution is -0.00523. The van der Waals surface area contributed by atoms with E-state index in [1.54, 1.807) is 7.11 Å². The van der Waals surface area contributed by atoms with Gasteiger partial charge in [0.05, 0.1) is 19.3 Å². The third-order valence-corrected chi connectivity index (χ3v) is 3.21. The van der Waals surface area contributed by atoms with E-state index < -0.39 is 0 Å². The van der Waals surface area contributed by atoms with Crippen molar-refractivity contribution in [3.05, 3.63) is 48.6 Å². The molecule has 0 aliphatic heterocycles. The second kappa shape index (κ2) is 8.13. The molecule has 0 aliphatic rings. The maximum absolute atomic E-state index is 5.99. The summed E-state index contributed by atoms with van der Waals surface area (Å²) in [7, 11) is 1.70. The summed E-state index contributed by atoms with van der Waals surface area (Å²) >= 11 is 0. The van der Waals surface area contributed by atoms with Gasteiger partial charge < -0.3 is 9.47 Å². The first-order valence-electron chi connectivity index (χ1n) is 6.85. The fourth-order valence-corrected chi connectivity index (χ4v) is 2.19. The van der Waals surface area contributed by atoms with Crippen LogP contribution in [0.1, 0.15) is 38.4 Å². The Morgan fingerprint density at radius 3 is 2.47 bits per heavy atom. The predicted molar refractivity (Wildman–Crippen MR) is 80.2 cm³/mol. The van der Waals surface area contributed by atoms with Crippen molar-refractivity contribution in [2.45, 2.75) is 32.8 Å². The third kappa shape index (κ3) is 6.04. The van der Waals surface area contributed by atoms with Crippen molar-refractivity contribution in [3.63, 3.8) is 0 Å². The molecular weight excluding hydrogens is 236 g/mol. The SMILES string of the molecule is C=CCC(C)(C)C[C@@H](OCCOC)c1ccccc1. The Hall–Kier alpha value is -1.12. The third-order valence-electron chi connectivity index (χ3n) is 3.21. The summed E-state index contributed by atoms with van der Waals surface area (Å²) in [5.74, 6) is 0. The van der Waals surface area contributed by atoms with Crippen LogP contribution in [0, 0.1) is 5.41 Å². The molecule has 0 aromatic heterocycles. The second-order valence-electron chi connectivity index (χ2n) is 5.62. The zero-order valence-electron chi connectivity index (χ0n) is 12.4. The molecule has 0 N–H and O–H groups in total. The monoisotopic (exact) mass is 262 g/mol. The Labute approximate surface area is 117 Å². The number of benzene rings is 1.